The second-order valence-electron chi connectivity index (χ2n) is 6.55. The number of pyridine rings is 1. The molecule has 0 saturated heterocycles. The number of nitrogens with zero attached hydrogens (tertiary/aromatic N) is 3. The predicted octanol–water partition coefficient (Wildman–Crippen LogP) is 3.49. The van der Waals surface area contributed by atoms with E-state index >= 15 is 0 Å². The van der Waals surface area contributed by atoms with Gasteiger partial charge in [0.25, 0.3) is 0 Å². The maximum Gasteiger partial charge on any atom is 0.244 e. The number of rotatable bonds is 6. The fourth-order valence-corrected chi connectivity index (χ4v) is 3.58. The van der Waals surface area contributed by atoms with Crippen LogP contribution in [0, 0.1) is 11.3 Å². The molecule has 0 fully saturated rings. The molecule has 0 spiro atoms. The van der Waals surface area contributed by atoms with Crippen molar-refractivity contribution in [2.75, 3.05) is 13.2 Å². The van der Waals surface area contributed by atoms with E-state index in [2.05, 4.69) is 21.3 Å². The Bertz CT molecular complexity index is 1130. The maximum atomic E-state index is 9.80. The molecule has 30 heavy (non-hydrogen) atoms. The first-order chi connectivity index (χ1) is 14.7. The summed E-state index contributed by atoms with van der Waals surface area (Å²) in [6.07, 6.45) is 3.36. The Morgan fingerprint density at radius 3 is 2.63 bits per heavy atom. The smallest absolute Gasteiger partial charge is 0.244 e. The zero-order chi connectivity index (χ0) is 21.1. The lowest BCUT2D eigenvalue weighted by molar-refractivity contribution is 0.324. The highest BCUT2D eigenvalue weighted by Gasteiger charge is 2.36. The van der Waals surface area contributed by atoms with E-state index in [0.717, 1.165) is 16.7 Å². The van der Waals surface area contributed by atoms with Gasteiger partial charge in [0.2, 0.25) is 11.8 Å². The van der Waals surface area contributed by atoms with Gasteiger partial charge in [0, 0.05) is 24.0 Å². The molecule has 3 heterocycles. The van der Waals surface area contributed by atoms with Crippen LogP contribution in [0.5, 0.6) is 17.4 Å². The van der Waals surface area contributed by atoms with Crippen LogP contribution in [0.2, 0.25) is 0 Å². The molecule has 3 aromatic rings. The van der Waals surface area contributed by atoms with Crippen molar-refractivity contribution in [3.63, 3.8) is 0 Å². The summed E-state index contributed by atoms with van der Waals surface area (Å²) in [7, 11) is 0. The number of aromatic amines is 1. The fourth-order valence-electron chi connectivity index (χ4n) is 3.58. The largest absolute Gasteiger partial charge is 0.494 e. The normalized spacial score (nSPS) is 15.2. The van der Waals surface area contributed by atoms with Gasteiger partial charge in [0.1, 0.15) is 23.1 Å². The molecule has 3 N–H and O–H groups in total. The van der Waals surface area contributed by atoms with Gasteiger partial charge in [-0.05, 0) is 43.7 Å². The lowest BCUT2D eigenvalue weighted by Gasteiger charge is -2.24. The van der Waals surface area contributed by atoms with Crippen LogP contribution in [0.1, 0.15) is 30.9 Å². The van der Waals surface area contributed by atoms with Gasteiger partial charge in [-0.1, -0.05) is 0 Å². The van der Waals surface area contributed by atoms with Crippen LogP contribution in [-0.4, -0.2) is 28.4 Å². The minimum Gasteiger partial charge on any atom is -0.494 e. The molecule has 2 aromatic heterocycles. The second-order valence-corrected chi connectivity index (χ2v) is 6.55. The van der Waals surface area contributed by atoms with E-state index in [-0.39, 0.29) is 5.88 Å². The Balaban J connectivity index is 1.91. The number of hydrogen-bond acceptors (Lipinski definition) is 7. The van der Waals surface area contributed by atoms with Gasteiger partial charge in [0.05, 0.1) is 30.4 Å². The van der Waals surface area contributed by atoms with Gasteiger partial charge >= 0.3 is 0 Å². The van der Waals surface area contributed by atoms with Gasteiger partial charge < -0.3 is 19.9 Å². The molecule has 8 nitrogen and oxygen atoms in total. The number of benzene rings is 1. The average Bonchev–Trinajstić information content (AvgIpc) is 3.17. The Labute approximate surface area is 173 Å². The number of nitrogens with two attached hydrogens (primary N) is 1. The first-order valence-corrected chi connectivity index (χ1v) is 9.63. The van der Waals surface area contributed by atoms with Crippen LogP contribution >= 0.6 is 0 Å². The van der Waals surface area contributed by atoms with E-state index in [4.69, 9.17) is 19.9 Å². The number of H-pyrrole nitrogens is 1. The Hall–Kier alpha value is -3.99. The SMILES string of the molecule is CCOc1ccc(-c2[nH]nc3c2[C@@H](c2ccncc2)C(C#N)=C(N)O3)c(OCC)c1. The molecule has 0 bridgehead atoms. The van der Waals surface area contributed by atoms with Crippen LogP contribution in [-0.2, 0) is 0 Å². The van der Waals surface area contributed by atoms with Crippen molar-refractivity contribution in [3.05, 3.63) is 65.3 Å². The van der Waals surface area contributed by atoms with Crippen LogP contribution in [0.15, 0.2) is 54.2 Å². The van der Waals surface area contributed by atoms with E-state index in [0.29, 0.717) is 41.9 Å². The molecule has 0 saturated carbocycles. The Kier molecular flexibility index (Phi) is 5.26. The van der Waals surface area contributed by atoms with Crippen LogP contribution in [0.3, 0.4) is 0 Å². The molecule has 1 aliphatic rings. The van der Waals surface area contributed by atoms with Gasteiger partial charge in [0.15, 0.2) is 0 Å². The summed E-state index contributed by atoms with van der Waals surface area (Å²) in [4.78, 5) is 4.08. The third kappa shape index (κ3) is 3.31. The van der Waals surface area contributed by atoms with Crippen molar-refractivity contribution in [3.8, 4) is 34.7 Å². The highest BCUT2D eigenvalue weighted by molar-refractivity contribution is 5.76. The molecule has 1 atom stereocenters. The van der Waals surface area contributed by atoms with Crippen molar-refractivity contribution in [1.82, 2.24) is 15.2 Å². The van der Waals surface area contributed by atoms with E-state index in [9.17, 15) is 5.26 Å². The maximum absolute atomic E-state index is 9.80. The van der Waals surface area contributed by atoms with Crippen LogP contribution in [0.25, 0.3) is 11.3 Å². The highest BCUT2D eigenvalue weighted by Crippen LogP contribution is 2.47. The van der Waals surface area contributed by atoms with Gasteiger partial charge in [-0.15, -0.1) is 5.10 Å². The van der Waals surface area contributed by atoms with E-state index in [1.165, 1.54) is 0 Å². The van der Waals surface area contributed by atoms with Crippen LogP contribution in [0.4, 0.5) is 0 Å². The number of fused-ring (bicyclic) bond motifs is 1. The first kappa shape index (κ1) is 19.3. The molecule has 0 amide bonds. The van der Waals surface area contributed by atoms with Crippen LogP contribution < -0.4 is 19.9 Å². The van der Waals surface area contributed by atoms with Gasteiger partial charge in [-0.3, -0.25) is 10.1 Å². The monoisotopic (exact) mass is 403 g/mol. The zero-order valence-electron chi connectivity index (χ0n) is 16.7. The topological polar surface area (TPSA) is 119 Å². The number of nitriles is 1. The van der Waals surface area contributed by atoms with Gasteiger partial charge in [-0.25, -0.2) is 0 Å². The zero-order valence-corrected chi connectivity index (χ0v) is 16.7. The Morgan fingerprint density at radius 2 is 1.93 bits per heavy atom. The summed E-state index contributed by atoms with van der Waals surface area (Å²) in [5.41, 5.74) is 9.42. The first-order valence-electron chi connectivity index (χ1n) is 9.63. The number of nitrogens with one attached hydrogen (secondary N) is 1. The minimum atomic E-state index is -0.448. The van der Waals surface area contributed by atoms with Crippen molar-refractivity contribution < 1.29 is 14.2 Å². The van der Waals surface area contributed by atoms with E-state index < -0.39 is 5.92 Å². The Morgan fingerprint density at radius 1 is 1.17 bits per heavy atom. The number of hydrogen-bond donors (Lipinski definition) is 2. The standard InChI is InChI=1S/C22H21N5O3/c1-3-28-14-5-6-15(17(11-14)29-4-2)20-19-18(13-7-9-25-10-8-13)16(12-23)21(24)30-22(19)27-26-20/h5-11,18H,3-4,24H2,1-2H3,(H,26,27)/t18-/m0/s1. The quantitative estimate of drug-likeness (QED) is 0.646. The summed E-state index contributed by atoms with van der Waals surface area (Å²) >= 11 is 0. The number of allylic oxidation sites excluding steroid dienone is 1. The summed E-state index contributed by atoms with van der Waals surface area (Å²) < 4.78 is 17.1. The summed E-state index contributed by atoms with van der Waals surface area (Å²) in [6, 6.07) is 11.5. The lowest BCUT2D eigenvalue weighted by atomic mass is 9.83. The molecular formula is C22H21N5O3. The lowest BCUT2D eigenvalue weighted by Crippen LogP contribution is -2.21. The van der Waals surface area contributed by atoms with Crippen molar-refractivity contribution in [2.45, 2.75) is 19.8 Å². The molecule has 152 valence electrons. The predicted molar refractivity (Wildman–Crippen MR) is 110 cm³/mol. The molecule has 8 heteroatoms. The minimum absolute atomic E-state index is 0.0431. The molecule has 0 radical (unpaired) electrons. The molecular weight excluding hydrogens is 382 g/mol. The van der Waals surface area contributed by atoms with E-state index in [1.807, 2.05) is 44.2 Å². The van der Waals surface area contributed by atoms with Crippen molar-refractivity contribution in [1.29, 1.82) is 5.26 Å². The summed E-state index contributed by atoms with van der Waals surface area (Å²) in [5.74, 6) is 1.28. The van der Waals surface area contributed by atoms with Gasteiger partial charge in [-0.2, -0.15) is 5.26 Å². The third-order valence-electron chi connectivity index (χ3n) is 4.81. The molecule has 1 aliphatic heterocycles. The highest BCUT2D eigenvalue weighted by atomic mass is 16.5. The van der Waals surface area contributed by atoms with Crippen molar-refractivity contribution in [2.24, 2.45) is 5.73 Å². The van der Waals surface area contributed by atoms with Crippen molar-refractivity contribution >= 4 is 0 Å². The number of aromatic nitrogens is 3. The second kappa shape index (κ2) is 8.17. The summed E-state index contributed by atoms with van der Waals surface area (Å²) in [6.45, 7) is 4.88. The third-order valence-corrected chi connectivity index (χ3v) is 4.81. The number of ether oxygens (including phenoxy) is 3. The molecule has 1 aromatic carbocycles. The average molecular weight is 403 g/mol. The molecule has 0 unspecified atom stereocenters. The molecule has 0 aliphatic carbocycles. The summed E-state index contributed by atoms with van der Waals surface area (Å²) in [5, 5.41) is 17.2. The van der Waals surface area contributed by atoms with E-state index in [1.54, 1.807) is 12.4 Å². The molecule has 4 rings (SSSR count). The fraction of sp³-hybridized carbons (Fsp3) is 0.227.